The number of aromatic nitrogens is 2. The van der Waals surface area contributed by atoms with Crippen molar-refractivity contribution in [2.45, 2.75) is 20.5 Å². The Bertz CT molecular complexity index is 695. The van der Waals surface area contributed by atoms with Crippen molar-refractivity contribution in [2.24, 2.45) is 0 Å². The summed E-state index contributed by atoms with van der Waals surface area (Å²) < 4.78 is 34.2. The minimum absolute atomic E-state index is 0.123. The van der Waals surface area contributed by atoms with E-state index in [4.69, 9.17) is 4.74 Å². The number of para-hydroxylation sites is 2. The molecule has 23 heavy (non-hydrogen) atoms. The van der Waals surface area contributed by atoms with Gasteiger partial charge >= 0.3 is 6.61 Å². The lowest BCUT2D eigenvalue weighted by Crippen LogP contribution is -2.21. The molecule has 0 atom stereocenters. The first-order valence-corrected chi connectivity index (χ1v) is 6.73. The van der Waals surface area contributed by atoms with Crippen LogP contribution in [-0.4, -0.2) is 29.3 Å². The molecule has 1 heterocycles. The number of ether oxygens (including phenoxy) is 2. The zero-order valence-electron chi connectivity index (χ0n) is 12.5. The van der Waals surface area contributed by atoms with Gasteiger partial charge in [0.2, 0.25) is 5.88 Å². The number of alkyl halides is 2. The van der Waals surface area contributed by atoms with E-state index in [1.54, 1.807) is 19.1 Å². The predicted octanol–water partition coefficient (Wildman–Crippen LogP) is 2.71. The highest BCUT2D eigenvalue weighted by molar-refractivity contribution is 5.93. The lowest BCUT2D eigenvalue weighted by molar-refractivity contribution is -0.118. The van der Waals surface area contributed by atoms with E-state index in [9.17, 15) is 13.6 Å². The van der Waals surface area contributed by atoms with E-state index in [-0.39, 0.29) is 23.9 Å². The van der Waals surface area contributed by atoms with Gasteiger partial charge in [0.05, 0.1) is 11.4 Å². The number of amides is 1. The van der Waals surface area contributed by atoms with Crippen LogP contribution in [0.25, 0.3) is 0 Å². The van der Waals surface area contributed by atoms with Gasteiger partial charge in [-0.2, -0.15) is 13.9 Å². The number of rotatable bonds is 6. The second kappa shape index (κ2) is 7.48. The maximum absolute atomic E-state index is 12.3. The Morgan fingerprint density at radius 2 is 2.00 bits per heavy atom. The smallest absolute Gasteiger partial charge is 0.387 e. The molecular formula is C15H15F2N3O3. The van der Waals surface area contributed by atoms with Gasteiger partial charge in [-0.05, 0) is 31.5 Å². The third kappa shape index (κ3) is 4.87. The first kappa shape index (κ1) is 16.6. The molecule has 0 saturated heterocycles. The maximum Gasteiger partial charge on any atom is 0.387 e. The van der Waals surface area contributed by atoms with E-state index in [1.165, 1.54) is 18.2 Å². The molecule has 0 saturated carbocycles. The number of aryl methyl sites for hydroxylation is 2. The molecule has 0 fully saturated rings. The summed E-state index contributed by atoms with van der Waals surface area (Å²) in [5.74, 6) is -0.447. The predicted molar refractivity (Wildman–Crippen MR) is 78.7 cm³/mol. The third-order valence-corrected chi connectivity index (χ3v) is 2.94. The van der Waals surface area contributed by atoms with Gasteiger partial charge in [0.25, 0.3) is 5.91 Å². The maximum atomic E-state index is 12.3. The average Bonchev–Trinajstić information content (AvgIpc) is 2.50. The molecule has 1 aromatic carbocycles. The molecule has 1 amide bonds. The van der Waals surface area contributed by atoms with Crippen molar-refractivity contribution < 1.29 is 23.0 Å². The Kier molecular flexibility index (Phi) is 5.40. The van der Waals surface area contributed by atoms with Crippen molar-refractivity contribution in [1.29, 1.82) is 0 Å². The molecule has 2 aromatic rings. The highest BCUT2D eigenvalue weighted by Gasteiger charge is 2.12. The summed E-state index contributed by atoms with van der Waals surface area (Å²) in [6.07, 6.45) is 0. The van der Waals surface area contributed by atoms with Crippen LogP contribution in [0.5, 0.6) is 11.6 Å². The number of nitrogens with zero attached hydrogens (tertiary/aromatic N) is 2. The molecule has 0 aliphatic heterocycles. The summed E-state index contributed by atoms with van der Waals surface area (Å²) in [4.78, 5) is 11.8. The van der Waals surface area contributed by atoms with Gasteiger partial charge in [-0.25, -0.2) is 0 Å². The minimum atomic E-state index is -2.98. The quantitative estimate of drug-likeness (QED) is 0.885. The third-order valence-electron chi connectivity index (χ3n) is 2.94. The van der Waals surface area contributed by atoms with Crippen molar-refractivity contribution in [3.8, 4) is 11.6 Å². The highest BCUT2D eigenvalue weighted by atomic mass is 19.3. The van der Waals surface area contributed by atoms with Gasteiger partial charge in [0, 0.05) is 6.07 Å². The second-order valence-corrected chi connectivity index (χ2v) is 4.66. The number of carbonyl (C=O) groups excluding carboxylic acids is 1. The first-order valence-electron chi connectivity index (χ1n) is 6.73. The Morgan fingerprint density at radius 1 is 1.26 bits per heavy atom. The molecule has 0 radical (unpaired) electrons. The normalized spacial score (nSPS) is 10.5. The number of nitrogens with one attached hydrogen (secondary N) is 1. The lowest BCUT2D eigenvalue weighted by atomic mass is 10.2. The monoisotopic (exact) mass is 323 g/mol. The molecule has 122 valence electrons. The number of anilines is 1. The average molecular weight is 323 g/mol. The van der Waals surface area contributed by atoms with Gasteiger partial charge in [-0.1, -0.05) is 12.1 Å². The largest absolute Gasteiger partial charge is 0.466 e. The van der Waals surface area contributed by atoms with Crippen LogP contribution >= 0.6 is 0 Å². The zero-order valence-corrected chi connectivity index (χ0v) is 12.5. The van der Waals surface area contributed by atoms with Crippen LogP contribution in [-0.2, 0) is 4.79 Å². The zero-order chi connectivity index (χ0) is 16.8. The number of hydrogen-bond acceptors (Lipinski definition) is 5. The molecule has 8 heteroatoms. The Morgan fingerprint density at radius 3 is 2.70 bits per heavy atom. The van der Waals surface area contributed by atoms with Gasteiger partial charge < -0.3 is 14.8 Å². The number of hydrogen-bond donors (Lipinski definition) is 1. The Hall–Kier alpha value is -2.77. The molecule has 0 aliphatic carbocycles. The van der Waals surface area contributed by atoms with Crippen molar-refractivity contribution in [1.82, 2.24) is 10.2 Å². The second-order valence-electron chi connectivity index (χ2n) is 4.66. The van der Waals surface area contributed by atoms with E-state index in [2.05, 4.69) is 20.3 Å². The van der Waals surface area contributed by atoms with E-state index in [0.717, 1.165) is 11.3 Å². The van der Waals surface area contributed by atoms with Crippen LogP contribution in [0.3, 0.4) is 0 Å². The molecule has 0 aliphatic rings. The Balaban J connectivity index is 1.96. The summed E-state index contributed by atoms with van der Waals surface area (Å²) in [6, 6.07) is 7.55. The van der Waals surface area contributed by atoms with Gasteiger partial charge in [-0.3, -0.25) is 4.79 Å². The fourth-order valence-electron chi connectivity index (χ4n) is 1.69. The van der Waals surface area contributed by atoms with Crippen LogP contribution in [0.15, 0.2) is 30.3 Å². The topological polar surface area (TPSA) is 73.3 Å². The van der Waals surface area contributed by atoms with E-state index < -0.39 is 12.5 Å². The van der Waals surface area contributed by atoms with Crippen LogP contribution in [0, 0.1) is 13.8 Å². The molecule has 1 N–H and O–H groups in total. The molecule has 0 spiro atoms. The minimum Gasteiger partial charge on any atom is -0.466 e. The summed E-state index contributed by atoms with van der Waals surface area (Å²) in [7, 11) is 0. The molecular weight excluding hydrogens is 308 g/mol. The van der Waals surface area contributed by atoms with Crippen LogP contribution in [0.1, 0.15) is 11.3 Å². The van der Waals surface area contributed by atoms with Gasteiger partial charge in [0.15, 0.2) is 6.61 Å². The van der Waals surface area contributed by atoms with Crippen LogP contribution in [0.4, 0.5) is 14.5 Å². The highest BCUT2D eigenvalue weighted by Crippen LogP contribution is 2.25. The lowest BCUT2D eigenvalue weighted by Gasteiger charge is -2.12. The van der Waals surface area contributed by atoms with Gasteiger partial charge in [0.1, 0.15) is 5.75 Å². The number of carbonyl (C=O) groups is 1. The molecule has 0 unspecified atom stereocenters. The van der Waals surface area contributed by atoms with Crippen molar-refractivity contribution in [3.05, 3.63) is 41.6 Å². The van der Waals surface area contributed by atoms with Crippen molar-refractivity contribution in [3.63, 3.8) is 0 Å². The molecule has 2 rings (SSSR count). The van der Waals surface area contributed by atoms with E-state index in [1.807, 2.05) is 6.92 Å². The first-order chi connectivity index (χ1) is 11.0. The molecule has 6 nitrogen and oxygen atoms in total. The Labute approximate surface area is 131 Å². The number of benzene rings is 1. The van der Waals surface area contributed by atoms with Crippen molar-refractivity contribution in [2.75, 3.05) is 11.9 Å². The summed E-state index contributed by atoms with van der Waals surface area (Å²) in [5, 5.41) is 10.1. The van der Waals surface area contributed by atoms with Crippen LogP contribution in [0.2, 0.25) is 0 Å². The molecule has 0 bridgehead atoms. The fourth-order valence-corrected chi connectivity index (χ4v) is 1.69. The fraction of sp³-hybridized carbons (Fsp3) is 0.267. The molecule has 1 aromatic heterocycles. The van der Waals surface area contributed by atoms with E-state index in [0.29, 0.717) is 0 Å². The van der Waals surface area contributed by atoms with E-state index >= 15 is 0 Å². The standard InChI is InChI=1S/C15H15F2N3O3/c1-9-7-14(20-19-10(9)2)22-8-13(21)18-11-5-3-4-6-12(11)23-15(16)17/h3-7,15H,8H2,1-2H3,(H,18,21). The van der Waals surface area contributed by atoms with Gasteiger partial charge in [-0.15, -0.1) is 5.10 Å². The van der Waals surface area contributed by atoms with Crippen LogP contribution < -0.4 is 14.8 Å². The summed E-state index contributed by atoms with van der Waals surface area (Å²) in [6.45, 7) is 0.337. The summed E-state index contributed by atoms with van der Waals surface area (Å²) in [5.41, 5.74) is 1.78. The SMILES string of the molecule is Cc1cc(OCC(=O)Nc2ccccc2OC(F)F)nnc1C. The summed E-state index contributed by atoms with van der Waals surface area (Å²) >= 11 is 0. The van der Waals surface area contributed by atoms with Crippen molar-refractivity contribution >= 4 is 11.6 Å². The number of halogens is 2.